The predicted molar refractivity (Wildman–Crippen MR) is 84.2 cm³/mol. The van der Waals surface area contributed by atoms with Crippen LogP contribution in [0.2, 0.25) is 0 Å². The molecule has 21 heavy (non-hydrogen) atoms. The van der Waals surface area contributed by atoms with Crippen LogP contribution in [0.4, 0.5) is 5.69 Å². The number of benzene rings is 1. The number of nitrogens with zero attached hydrogens (tertiary/aromatic N) is 2. The van der Waals surface area contributed by atoms with Crippen LogP contribution in [0, 0.1) is 16.0 Å². The van der Waals surface area contributed by atoms with Gasteiger partial charge in [-0.15, -0.1) is 0 Å². The monoisotopic (exact) mass is 291 g/mol. The van der Waals surface area contributed by atoms with Crippen LogP contribution in [0.5, 0.6) is 0 Å². The summed E-state index contributed by atoms with van der Waals surface area (Å²) in [7, 11) is 0. The first-order valence-electron chi connectivity index (χ1n) is 7.74. The zero-order valence-corrected chi connectivity index (χ0v) is 12.9. The smallest absolute Gasteiger partial charge is 0.273 e. The Morgan fingerprint density at radius 2 is 2.00 bits per heavy atom. The predicted octanol–water partition coefficient (Wildman–Crippen LogP) is 2.80. The number of nitro groups is 1. The van der Waals surface area contributed by atoms with Crippen LogP contribution in [0.3, 0.4) is 0 Å². The standard InChI is InChI=1S/C16H25N3O2/c1-13(2)17-11-14-7-9-18(10-8-14)12-15-5-3-4-6-16(15)19(20)21/h3-6,13-14,17H,7-12H2,1-2H3. The first-order chi connectivity index (χ1) is 10.1. The van der Waals surface area contributed by atoms with Crippen molar-refractivity contribution in [2.24, 2.45) is 5.92 Å². The number of rotatable bonds is 6. The van der Waals surface area contributed by atoms with Crippen molar-refractivity contribution in [3.63, 3.8) is 0 Å². The lowest BCUT2D eigenvalue weighted by molar-refractivity contribution is -0.385. The number of nitrogens with one attached hydrogen (secondary N) is 1. The lowest BCUT2D eigenvalue weighted by atomic mass is 9.96. The highest BCUT2D eigenvalue weighted by atomic mass is 16.6. The highest BCUT2D eigenvalue weighted by Crippen LogP contribution is 2.23. The third kappa shape index (κ3) is 4.79. The molecule has 1 aromatic carbocycles. The second kappa shape index (κ2) is 7.52. The summed E-state index contributed by atoms with van der Waals surface area (Å²) in [5.74, 6) is 0.731. The molecule has 1 saturated heterocycles. The number of nitro benzene ring substituents is 1. The molecule has 1 aliphatic heterocycles. The van der Waals surface area contributed by atoms with Gasteiger partial charge in [-0.2, -0.15) is 0 Å². The minimum atomic E-state index is -0.283. The van der Waals surface area contributed by atoms with Gasteiger partial charge in [-0.3, -0.25) is 15.0 Å². The average Bonchev–Trinajstić information content (AvgIpc) is 2.47. The Morgan fingerprint density at radius 1 is 1.33 bits per heavy atom. The molecule has 0 amide bonds. The van der Waals surface area contributed by atoms with Crippen LogP contribution < -0.4 is 5.32 Å². The number of hydrogen-bond donors (Lipinski definition) is 1. The Hall–Kier alpha value is -1.46. The largest absolute Gasteiger partial charge is 0.314 e. The van der Waals surface area contributed by atoms with Gasteiger partial charge in [0.25, 0.3) is 5.69 Å². The van der Waals surface area contributed by atoms with E-state index >= 15 is 0 Å². The van der Waals surface area contributed by atoms with Gasteiger partial charge >= 0.3 is 0 Å². The summed E-state index contributed by atoms with van der Waals surface area (Å²) in [6.07, 6.45) is 2.33. The second-order valence-electron chi connectivity index (χ2n) is 6.17. The summed E-state index contributed by atoms with van der Waals surface area (Å²) in [6, 6.07) is 7.60. The Bertz CT molecular complexity index is 468. The molecule has 5 nitrogen and oxygen atoms in total. The van der Waals surface area contributed by atoms with Gasteiger partial charge in [0.1, 0.15) is 0 Å². The molecule has 1 fully saturated rings. The van der Waals surface area contributed by atoms with E-state index in [1.54, 1.807) is 12.1 Å². The fraction of sp³-hybridized carbons (Fsp3) is 0.625. The molecular weight excluding hydrogens is 266 g/mol. The third-order valence-corrected chi connectivity index (χ3v) is 4.10. The molecule has 0 aromatic heterocycles. The van der Waals surface area contributed by atoms with Crippen LogP contribution in [0.1, 0.15) is 32.3 Å². The molecule has 0 aliphatic carbocycles. The number of likely N-dealkylation sites (tertiary alicyclic amines) is 1. The van der Waals surface area contributed by atoms with E-state index in [1.807, 2.05) is 12.1 Å². The van der Waals surface area contributed by atoms with Crippen LogP contribution in [-0.2, 0) is 6.54 Å². The molecule has 5 heteroatoms. The van der Waals surface area contributed by atoms with E-state index in [-0.39, 0.29) is 10.6 Å². The molecule has 116 valence electrons. The van der Waals surface area contributed by atoms with E-state index in [0.29, 0.717) is 12.6 Å². The summed E-state index contributed by atoms with van der Waals surface area (Å²) >= 11 is 0. The van der Waals surface area contributed by atoms with E-state index in [4.69, 9.17) is 0 Å². The van der Waals surface area contributed by atoms with Gasteiger partial charge in [0.05, 0.1) is 4.92 Å². The van der Waals surface area contributed by atoms with Gasteiger partial charge in [-0.05, 0) is 38.4 Å². The summed E-state index contributed by atoms with van der Waals surface area (Å²) < 4.78 is 0. The van der Waals surface area contributed by atoms with Crippen molar-refractivity contribution in [3.8, 4) is 0 Å². The Balaban J connectivity index is 1.85. The molecule has 0 spiro atoms. The summed E-state index contributed by atoms with van der Waals surface area (Å²) in [5.41, 5.74) is 1.06. The van der Waals surface area contributed by atoms with Gasteiger partial charge in [0, 0.05) is 24.2 Å². The Labute approximate surface area is 126 Å². The Kier molecular flexibility index (Phi) is 5.70. The first-order valence-corrected chi connectivity index (χ1v) is 7.74. The molecule has 2 rings (SSSR count). The van der Waals surface area contributed by atoms with Gasteiger partial charge in [-0.1, -0.05) is 32.0 Å². The number of para-hydroxylation sites is 1. The van der Waals surface area contributed by atoms with Crippen LogP contribution >= 0.6 is 0 Å². The van der Waals surface area contributed by atoms with E-state index in [2.05, 4.69) is 24.1 Å². The highest BCUT2D eigenvalue weighted by molar-refractivity contribution is 5.39. The van der Waals surface area contributed by atoms with Crippen molar-refractivity contribution < 1.29 is 4.92 Å². The lowest BCUT2D eigenvalue weighted by Gasteiger charge is -2.32. The lowest BCUT2D eigenvalue weighted by Crippen LogP contribution is -2.38. The first kappa shape index (κ1) is 15.9. The maximum absolute atomic E-state index is 11.0. The highest BCUT2D eigenvalue weighted by Gasteiger charge is 2.21. The van der Waals surface area contributed by atoms with Crippen LogP contribution in [0.25, 0.3) is 0 Å². The van der Waals surface area contributed by atoms with Gasteiger partial charge in [0.2, 0.25) is 0 Å². The molecular formula is C16H25N3O2. The van der Waals surface area contributed by atoms with Crippen LogP contribution in [0.15, 0.2) is 24.3 Å². The van der Waals surface area contributed by atoms with Crippen molar-refractivity contribution >= 4 is 5.69 Å². The van der Waals surface area contributed by atoms with Gasteiger partial charge in [0.15, 0.2) is 0 Å². The van der Waals surface area contributed by atoms with Crippen molar-refractivity contribution in [1.29, 1.82) is 0 Å². The molecule has 0 saturated carbocycles. The summed E-state index contributed by atoms with van der Waals surface area (Å²) in [4.78, 5) is 13.1. The quantitative estimate of drug-likeness (QED) is 0.647. The fourth-order valence-electron chi connectivity index (χ4n) is 2.81. The molecule has 1 N–H and O–H groups in total. The normalized spacial score (nSPS) is 17.3. The van der Waals surface area contributed by atoms with Crippen molar-refractivity contribution in [1.82, 2.24) is 10.2 Å². The van der Waals surface area contributed by atoms with E-state index in [1.165, 1.54) is 12.8 Å². The molecule has 1 heterocycles. The van der Waals surface area contributed by atoms with Gasteiger partial charge < -0.3 is 5.32 Å². The zero-order valence-electron chi connectivity index (χ0n) is 12.9. The van der Waals surface area contributed by atoms with E-state index in [9.17, 15) is 10.1 Å². The number of piperidine rings is 1. The van der Waals surface area contributed by atoms with Crippen molar-refractivity contribution in [2.75, 3.05) is 19.6 Å². The topological polar surface area (TPSA) is 58.4 Å². The maximum Gasteiger partial charge on any atom is 0.273 e. The maximum atomic E-state index is 11.0. The van der Waals surface area contributed by atoms with Crippen LogP contribution in [-0.4, -0.2) is 35.5 Å². The average molecular weight is 291 g/mol. The third-order valence-electron chi connectivity index (χ3n) is 4.10. The van der Waals surface area contributed by atoms with E-state index < -0.39 is 0 Å². The van der Waals surface area contributed by atoms with Gasteiger partial charge in [-0.25, -0.2) is 0 Å². The molecule has 1 aromatic rings. The second-order valence-corrected chi connectivity index (χ2v) is 6.17. The Morgan fingerprint density at radius 3 is 2.62 bits per heavy atom. The minimum Gasteiger partial charge on any atom is -0.314 e. The van der Waals surface area contributed by atoms with Crippen molar-refractivity contribution in [3.05, 3.63) is 39.9 Å². The molecule has 0 bridgehead atoms. The van der Waals surface area contributed by atoms with Crippen molar-refractivity contribution in [2.45, 2.75) is 39.3 Å². The zero-order chi connectivity index (χ0) is 15.2. The summed E-state index contributed by atoms with van der Waals surface area (Å²) in [6.45, 7) is 8.15. The molecule has 1 aliphatic rings. The number of hydrogen-bond acceptors (Lipinski definition) is 4. The minimum absolute atomic E-state index is 0.237. The summed E-state index contributed by atoms with van der Waals surface area (Å²) in [5, 5.41) is 14.5. The molecule has 0 unspecified atom stereocenters. The molecule has 0 atom stereocenters. The fourth-order valence-corrected chi connectivity index (χ4v) is 2.81. The van der Waals surface area contributed by atoms with E-state index in [0.717, 1.165) is 31.1 Å². The SMILES string of the molecule is CC(C)NCC1CCN(Cc2ccccc2[N+](=O)[O-])CC1. The molecule has 0 radical (unpaired) electrons.